The number of thioether (sulfide) groups is 1. The molecule has 74 valence electrons. The van der Waals surface area contributed by atoms with E-state index < -0.39 is 0 Å². The first-order valence-electron chi connectivity index (χ1n) is 4.99. The first-order chi connectivity index (χ1) is 6.22. The molecule has 3 unspecified atom stereocenters. The molecule has 1 saturated carbocycles. The van der Waals surface area contributed by atoms with Gasteiger partial charge in [-0.1, -0.05) is 19.8 Å². The van der Waals surface area contributed by atoms with Gasteiger partial charge in [0.2, 0.25) is 0 Å². The van der Waals surface area contributed by atoms with Crippen LogP contribution < -0.4 is 5.73 Å². The molecule has 3 heteroatoms. The average Bonchev–Trinajstić information content (AvgIpc) is 2.14. The molecule has 2 N–H and O–H groups in total. The Labute approximate surface area is 84.9 Å². The standard InChI is InChI=1S/C10H18N2S/c1-8-3-2-4-10(5-8)13-7-9(12)6-11/h8-10H,2-5,7,12H2,1H3. The fraction of sp³-hybridized carbons (Fsp3) is 0.900. The maximum absolute atomic E-state index is 8.53. The van der Waals surface area contributed by atoms with Crippen LogP contribution in [0.25, 0.3) is 0 Å². The van der Waals surface area contributed by atoms with Crippen LogP contribution in [0, 0.1) is 17.2 Å². The molecule has 1 aliphatic carbocycles. The van der Waals surface area contributed by atoms with Gasteiger partial charge in [-0.25, -0.2) is 0 Å². The van der Waals surface area contributed by atoms with Gasteiger partial charge in [-0.15, -0.1) is 0 Å². The van der Waals surface area contributed by atoms with Crippen LogP contribution in [0.3, 0.4) is 0 Å². The van der Waals surface area contributed by atoms with E-state index in [-0.39, 0.29) is 6.04 Å². The number of nitrogens with zero attached hydrogens (tertiary/aromatic N) is 1. The van der Waals surface area contributed by atoms with Crippen LogP contribution >= 0.6 is 11.8 Å². The summed E-state index contributed by atoms with van der Waals surface area (Å²) in [4.78, 5) is 0. The Hall–Kier alpha value is -0.200. The van der Waals surface area contributed by atoms with Crippen LogP contribution in [0.2, 0.25) is 0 Å². The molecule has 0 aliphatic heterocycles. The highest BCUT2D eigenvalue weighted by Crippen LogP contribution is 2.31. The largest absolute Gasteiger partial charge is 0.315 e. The molecule has 0 aromatic heterocycles. The Morgan fingerprint density at radius 2 is 2.38 bits per heavy atom. The molecule has 2 nitrogen and oxygen atoms in total. The summed E-state index contributed by atoms with van der Waals surface area (Å²) in [6.45, 7) is 2.32. The predicted molar refractivity (Wildman–Crippen MR) is 57.5 cm³/mol. The first kappa shape index (κ1) is 10.9. The van der Waals surface area contributed by atoms with Gasteiger partial charge in [0.15, 0.2) is 0 Å². The fourth-order valence-electron chi connectivity index (χ4n) is 1.81. The Morgan fingerprint density at radius 3 is 3.00 bits per heavy atom. The highest BCUT2D eigenvalue weighted by molar-refractivity contribution is 7.99. The third kappa shape index (κ3) is 4.02. The van der Waals surface area contributed by atoms with E-state index in [0.717, 1.165) is 16.9 Å². The summed E-state index contributed by atoms with van der Waals surface area (Å²) in [6, 6.07) is 1.80. The zero-order valence-corrected chi connectivity index (χ0v) is 9.02. The van der Waals surface area contributed by atoms with Crippen molar-refractivity contribution in [2.45, 2.75) is 43.9 Å². The third-order valence-corrected chi connectivity index (χ3v) is 4.02. The summed E-state index contributed by atoms with van der Waals surface area (Å²) in [5, 5.41) is 9.28. The summed E-state index contributed by atoms with van der Waals surface area (Å²) in [5.41, 5.74) is 5.54. The van der Waals surface area contributed by atoms with Gasteiger partial charge >= 0.3 is 0 Å². The fourth-order valence-corrected chi connectivity index (χ4v) is 3.16. The molecular formula is C10H18N2S. The molecule has 0 bridgehead atoms. The number of nitrogens with two attached hydrogens (primary N) is 1. The second kappa shape index (κ2) is 5.51. The van der Waals surface area contributed by atoms with Gasteiger partial charge in [0, 0.05) is 11.0 Å². The maximum Gasteiger partial charge on any atom is 0.102 e. The SMILES string of the molecule is CC1CCCC(SCC(N)C#N)C1. The van der Waals surface area contributed by atoms with Gasteiger partial charge in [-0.2, -0.15) is 17.0 Å². The maximum atomic E-state index is 8.53. The molecule has 0 heterocycles. The lowest BCUT2D eigenvalue weighted by molar-refractivity contribution is 0.394. The van der Waals surface area contributed by atoms with E-state index in [0.29, 0.717) is 0 Å². The molecule has 1 fully saturated rings. The zero-order valence-electron chi connectivity index (χ0n) is 8.20. The summed E-state index contributed by atoms with van der Waals surface area (Å²) in [5.74, 6) is 1.66. The van der Waals surface area contributed by atoms with Gasteiger partial charge in [0.25, 0.3) is 0 Å². The minimum Gasteiger partial charge on any atom is -0.315 e. The van der Waals surface area contributed by atoms with Gasteiger partial charge < -0.3 is 5.73 Å². The molecular weight excluding hydrogens is 180 g/mol. The van der Waals surface area contributed by atoms with Gasteiger partial charge in [-0.3, -0.25) is 0 Å². The van der Waals surface area contributed by atoms with Crippen molar-refractivity contribution < 1.29 is 0 Å². The number of rotatable bonds is 3. The normalized spacial score (nSPS) is 30.8. The molecule has 0 amide bonds. The van der Waals surface area contributed by atoms with Crippen LogP contribution in [0.5, 0.6) is 0 Å². The molecule has 0 saturated heterocycles. The van der Waals surface area contributed by atoms with E-state index >= 15 is 0 Å². The van der Waals surface area contributed by atoms with Crippen LogP contribution in [0.4, 0.5) is 0 Å². The van der Waals surface area contributed by atoms with Crippen LogP contribution in [0.1, 0.15) is 32.6 Å². The quantitative estimate of drug-likeness (QED) is 0.756. The lowest BCUT2D eigenvalue weighted by Gasteiger charge is -2.26. The van der Waals surface area contributed by atoms with E-state index in [9.17, 15) is 0 Å². The molecule has 13 heavy (non-hydrogen) atoms. The Balaban J connectivity index is 2.17. The summed E-state index contributed by atoms with van der Waals surface area (Å²) in [6.07, 6.45) is 5.35. The Kier molecular flexibility index (Phi) is 4.61. The molecule has 0 aromatic rings. The molecule has 1 rings (SSSR count). The minimum absolute atomic E-state index is 0.276. The highest BCUT2D eigenvalue weighted by Gasteiger charge is 2.19. The zero-order chi connectivity index (χ0) is 9.68. The lowest BCUT2D eigenvalue weighted by Crippen LogP contribution is -2.23. The molecule has 0 radical (unpaired) electrons. The Morgan fingerprint density at radius 1 is 1.62 bits per heavy atom. The van der Waals surface area contributed by atoms with E-state index in [1.54, 1.807) is 0 Å². The highest BCUT2D eigenvalue weighted by atomic mass is 32.2. The Bertz CT molecular complexity index is 188. The molecule has 3 atom stereocenters. The minimum atomic E-state index is -0.276. The van der Waals surface area contributed by atoms with Gasteiger partial charge in [0.05, 0.1) is 6.07 Å². The van der Waals surface area contributed by atoms with Crippen molar-refractivity contribution in [1.82, 2.24) is 0 Å². The van der Waals surface area contributed by atoms with Gasteiger partial charge in [-0.05, 0) is 18.8 Å². The monoisotopic (exact) mass is 198 g/mol. The van der Waals surface area contributed by atoms with Crippen molar-refractivity contribution in [2.75, 3.05) is 5.75 Å². The van der Waals surface area contributed by atoms with E-state index in [2.05, 4.69) is 13.0 Å². The van der Waals surface area contributed by atoms with Crippen LogP contribution in [-0.4, -0.2) is 17.0 Å². The summed E-state index contributed by atoms with van der Waals surface area (Å²) < 4.78 is 0. The predicted octanol–water partition coefficient (Wildman–Crippen LogP) is 2.15. The average molecular weight is 198 g/mol. The van der Waals surface area contributed by atoms with Crippen molar-refractivity contribution in [3.8, 4) is 6.07 Å². The van der Waals surface area contributed by atoms with Crippen molar-refractivity contribution in [2.24, 2.45) is 11.7 Å². The smallest absolute Gasteiger partial charge is 0.102 e. The topological polar surface area (TPSA) is 49.8 Å². The van der Waals surface area contributed by atoms with E-state index in [1.807, 2.05) is 11.8 Å². The van der Waals surface area contributed by atoms with Crippen LogP contribution in [0.15, 0.2) is 0 Å². The van der Waals surface area contributed by atoms with Crippen molar-refractivity contribution in [3.05, 3.63) is 0 Å². The first-order valence-corrected chi connectivity index (χ1v) is 6.04. The van der Waals surface area contributed by atoms with Crippen LogP contribution in [-0.2, 0) is 0 Å². The second-order valence-corrected chi connectivity index (χ2v) is 5.30. The molecule has 1 aliphatic rings. The lowest BCUT2D eigenvalue weighted by atomic mass is 9.91. The van der Waals surface area contributed by atoms with Crippen molar-refractivity contribution in [3.63, 3.8) is 0 Å². The van der Waals surface area contributed by atoms with Gasteiger partial charge in [0.1, 0.15) is 6.04 Å². The number of hydrogen-bond donors (Lipinski definition) is 1. The molecule has 0 spiro atoms. The second-order valence-electron chi connectivity index (χ2n) is 3.96. The van der Waals surface area contributed by atoms with E-state index in [1.165, 1.54) is 25.7 Å². The van der Waals surface area contributed by atoms with Crippen molar-refractivity contribution >= 4 is 11.8 Å². The van der Waals surface area contributed by atoms with E-state index in [4.69, 9.17) is 11.0 Å². The number of nitriles is 1. The summed E-state index contributed by atoms with van der Waals surface area (Å²) in [7, 11) is 0. The van der Waals surface area contributed by atoms with Crippen molar-refractivity contribution in [1.29, 1.82) is 5.26 Å². The molecule has 0 aromatic carbocycles. The summed E-state index contributed by atoms with van der Waals surface area (Å²) >= 11 is 1.89. The third-order valence-electron chi connectivity index (χ3n) is 2.57. The number of hydrogen-bond acceptors (Lipinski definition) is 3.